The van der Waals surface area contributed by atoms with E-state index < -0.39 is 29.7 Å². The van der Waals surface area contributed by atoms with Crippen LogP contribution in [0.2, 0.25) is 0 Å². The number of nitrogens with zero attached hydrogens (tertiary/aromatic N) is 1. The zero-order chi connectivity index (χ0) is 17.9. The Morgan fingerprint density at radius 2 is 1.92 bits per heavy atom. The summed E-state index contributed by atoms with van der Waals surface area (Å²) >= 11 is 0.969. The van der Waals surface area contributed by atoms with Crippen molar-refractivity contribution < 1.29 is 24.2 Å². The molecule has 2 atom stereocenters. The number of carboxylic acid groups (broad SMARTS) is 1. The molecule has 128 valence electrons. The van der Waals surface area contributed by atoms with Crippen LogP contribution in [0.3, 0.4) is 0 Å². The molecule has 8 heteroatoms. The number of thiophene rings is 1. The summed E-state index contributed by atoms with van der Waals surface area (Å²) in [4.78, 5) is 35.8. The van der Waals surface area contributed by atoms with E-state index in [0.717, 1.165) is 24.2 Å². The van der Waals surface area contributed by atoms with E-state index in [-0.39, 0.29) is 15.4 Å². The summed E-state index contributed by atoms with van der Waals surface area (Å²) in [6.07, 6.45) is 2.55. The van der Waals surface area contributed by atoms with Crippen LogP contribution in [-0.4, -0.2) is 30.1 Å². The lowest BCUT2D eigenvalue weighted by Gasteiger charge is -2.27. The highest BCUT2D eigenvalue weighted by Crippen LogP contribution is 2.35. The molecule has 2 N–H and O–H groups in total. The number of methoxy groups -OCH3 is 1. The first kappa shape index (κ1) is 17.9. The van der Waals surface area contributed by atoms with Crippen molar-refractivity contribution in [3.63, 3.8) is 0 Å². The molecule has 1 saturated carbocycles. The third-order valence-corrected chi connectivity index (χ3v) is 5.47. The smallest absolute Gasteiger partial charge is 0.348 e. The number of ether oxygens (including phenoxy) is 1. The molecule has 0 bridgehead atoms. The van der Waals surface area contributed by atoms with Crippen LogP contribution in [0.15, 0.2) is 0 Å². The van der Waals surface area contributed by atoms with E-state index in [9.17, 15) is 24.8 Å². The number of nitrogens with one attached hydrogen (secondary N) is 1. The van der Waals surface area contributed by atoms with Gasteiger partial charge in [-0.2, -0.15) is 5.26 Å². The molecule has 1 aliphatic rings. The molecule has 1 aromatic rings. The van der Waals surface area contributed by atoms with Gasteiger partial charge in [-0.1, -0.05) is 12.8 Å². The maximum absolute atomic E-state index is 12.5. The largest absolute Gasteiger partial charge is 0.481 e. The summed E-state index contributed by atoms with van der Waals surface area (Å²) in [6.45, 7) is 1.61. The van der Waals surface area contributed by atoms with Crippen LogP contribution in [0.5, 0.6) is 0 Å². The van der Waals surface area contributed by atoms with Crippen molar-refractivity contribution in [1.29, 1.82) is 5.26 Å². The fraction of sp³-hybridized carbons (Fsp3) is 0.500. The van der Waals surface area contributed by atoms with Crippen LogP contribution in [0, 0.1) is 30.1 Å². The van der Waals surface area contributed by atoms with Crippen molar-refractivity contribution in [1.82, 2.24) is 0 Å². The van der Waals surface area contributed by atoms with Gasteiger partial charge in [0.05, 0.1) is 24.5 Å². The van der Waals surface area contributed by atoms with Gasteiger partial charge in [0.2, 0.25) is 5.91 Å². The predicted molar refractivity (Wildman–Crippen MR) is 86.8 cm³/mol. The predicted octanol–water partition coefficient (Wildman–Crippen LogP) is 2.54. The molecular weight excluding hydrogens is 332 g/mol. The second kappa shape index (κ2) is 7.45. The Labute approximate surface area is 143 Å². The number of nitriles is 1. The van der Waals surface area contributed by atoms with E-state index in [1.807, 2.05) is 6.07 Å². The normalized spacial score (nSPS) is 20.0. The zero-order valence-corrected chi connectivity index (χ0v) is 14.2. The van der Waals surface area contributed by atoms with Gasteiger partial charge in [0, 0.05) is 0 Å². The maximum atomic E-state index is 12.5. The molecular formula is C16H18N2O5S. The number of amides is 1. The Balaban J connectivity index is 2.27. The molecule has 1 fully saturated rings. The SMILES string of the molecule is COC(=O)c1sc(NC(=O)C2CCCCC2C(=O)O)c(C#N)c1C. The zero-order valence-electron chi connectivity index (χ0n) is 13.4. The van der Waals surface area contributed by atoms with E-state index in [0.29, 0.717) is 18.4 Å². The summed E-state index contributed by atoms with van der Waals surface area (Å²) < 4.78 is 4.67. The molecule has 2 unspecified atom stereocenters. The lowest BCUT2D eigenvalue weighted by Crippen LogP contribution is -2.36. The summed E-state index contributed by atoms with van der Waals surface area (Å²) in [5.74, 6) is -3.32. The number of anilines is 1. The van der Waals surface area contributed by atoms with Gasteiger partial charge in [0.15, 0.2) is 0 Å². The van der Waals surface area contributed by atoms with Gasteiger partial charge in [-0.15, -0.1) is 11.3 Å². The van der Waals surface area contributed by atoms with Crippen LogP contribution in [0.1, 0.15) is 46.5 Å². The average Bonchev–Trinajstić information content (AvgIpc) is 2.89. The molecule has 0 aliphatic heterocycles. The molecule has 0 spiro atoms. The average molecular weight is 350 g/mol. The quantitative estimate of drug-likeness (QED) is 0.806. The van der Waals surface area contributed by atoms with Crippen molar-refractivity contribution in [2.45, 2.75) is 32.6 Å². The lowest BCUT2D eigenvalue weighted by molar-refractivity contribution is -0.147. The van der Waals surface area contributed by atoms with Crippen LogP contribution >= 0.6 is 11.3 Å². The van der Waals surface area contributed by atoms with E-state index in [1.54, 1.807) is 6.92 Å². The van der Waals surface area contributed by atoms with Gasteiger partial charge in [-0.3, -0.25) is 9.59 Å². The minimum absolute atomic E-state index is 0.205. The van der Waals surface area contributed by atoms with Gasteiger partial charge in [0.1, 0.15) is 15.9 Å². The number of rotatable bonds is 4. The second-order valence-corrected chi connectivity index (χ2v) is 6.71. The van der Waals surface area contributed by atoms with Crippen LogP contribution < -0.4 is 5.32 Å². The lowest BCUT2D eigenvalue weighted by atomic mass is 9.79. The monoisotopic (exact) mass is 350 g/mol. The first-order valence-electron chi connectivity index (χ1n) is 7.56. The van der Waals surface area contributed by atoms with Gasteiger partial charge in [-0.25, -0.2) is 4.79 Å². The highest BCUT2D eigenvalue weighted by atomic mass is 32.1. The summed E-state index contributed by atoms with van der Waals surface area (Å²) in [6, 6.07) is 1.98. The Bertz CT molecular complexity index is 719. The van der Waals surface area contributed by atoms with Crippen molar-refractivity contribution in [2.24, 2.45) is 11.8 Å². The molecule has 0 aromatic carbocycles. The van der Waals surface area contributed by atoms with Crippen LogP contribution in [-0.2, 0) is 14.3 Å². The molecule has 0 radical (unpaired) electrons. The first-order valence-corrected chi connectivity index (χ1v) is 8.37. The Hall–Kier alpha value is -2.40. The Morgan fingerprint density at radius 3 is 2.46 bits per heavy atom. The van der Waals surface area contributed by atoms with E-state index in [2.05, 4.69) is 10.1 Å². The van der Waals surface area contributed by atoms with E-state index >= 15 is 0 Å². The number of carbonyl (C=O) groups is 3. The van der Waals surface area contributed by atoms with Crippen LogP contribution in [0.25, 0.3) is 0 Å². The molecule has 1 aliphatic carbocycles. The Morgan fingerprint density at radius 1 is 1.29 bits per heavy atom. The number of hydrogen-bond donors (Lipinski definition) is 2. The molecule has 24 heavy (non-hydrogen) atoms. The number of hydrogen-bond acceptors (Lipinski definition) is 6. The number of esters is 1. The second-order valence-electron chi connectivity index (χ2n) is 5.69. The van der Waals surface area contributed by atoms with Crippen molar-refractivity contribution in [3.8, 4) is 6.07 Å². The van der Waals surface area contributed by atoms with Gasteiger partial charge in [-0.05, 0) is 25.3 Å². The standard InChI is InChI=1S/C16H18N2O5S/c1-8-11(7-17)14(24-12(8)16(22)23-2)18-13(19)9-5-3-4-6-10(9)15(20)21/h9-10H,3-6H2,1-2H3,(H,18,19)(H,20,21). The first-order chi connectivity index (χ1) is 11.4. The number of carbonyl (C=O) groups excluding carboxylic acids is 2. The summed E-state index contributed by atoms with van der Waals surface area (Å²) in [5.41, 5.74) is 0.652. The highest BCUT2D eigenvalue weighted by molar-refractivity contribution is 7.18. The molecule has 2 rings (SSSR count). The fourth-order valence-corrected chi connectivity index (χ4v) is 4.05. The van der Waals surface area contributed by atoms with Crippen molar-refractivity contribution in [2.75, 3.05) is 12.4 Å². The molecule has 0 saturated heterocycles. The van der Waals surface area contributed by atoms with Crippen molar-refractivity contribution >= 4 is 34.2 Å². The third-order valence-electron chi connectivity index (χ3n) is 4.29. The summed E-state index contributed by atoms with van der Waals surface area (Å²) in [7, 11) is 1.24. The molecule has 1 aromatic heterocycles. The van der Waals surface area contributed by atoms with Crippen LogP contribution in [0.4, 0.5) is 5.00 Å². The highest BCUT2D eigenvalue weighted by Gasteiger charge is 2.36. The van der Waals surface area contributed by atoms with E-state index in [1.165, 1.54) is 7.11 Å². The Kier molecular flexibility index (Phi) is 5.57. The fourth-order valence-electron chi connectivity index (χ4n) is 2.97. The molecule has 7 nitrogen and oxygen atoms in total. The number of carboxylic acids is 1. The van der Waals surface area contributed by atoms with E-state index in [4.69, 9.17) is 0 Å². The molecule has 1 amide bonds. The van der Waals surface area contributed by atoms with Gasteiger partial charge in [0.25, 0.3) is 0 Å². The molecule has 1 heterocycles. The van der Waals surface area contributed by atoms with Gasteiger partial charge < -0.3 is 15.2 Å². The summed E-state index contributed by atoms with van der Waals surface area (Å²) in [5, 5.41) is 21.5. The third kappa shape index (κ3) is 3.41. The number of aliphatic carboxylic acids is 1. The van der Waals surface area contributed by atoms with Crippen molar-refractivity contribution in [3.05, 3.63) is 16.0 Å². The minimum Gasteiger partial charge on any atom is -0.481 e. The topological polar surface area (TPSA) is 116 Å². The maximum Gasteiger partial charge on any atom is 0.348 e. The minimum atomic E-state index is -0.979. The van der Waals surface area contributed by atoms with Gasteiger partial charge >= 0.3 is 11.9 Å².